The highest BCUT2D eigenvalue weighted by Crippen LogP contribution is 2.28. The molecule has 1 fully saturated rings. The third-order valence-electron chi connectivity index (χ3n) is 3.37. The number of sulfonamides is 1. The summed E-state index contributed by atoms with van der Waals surface area (Å²) in [5, 5.41) is -0.0764. The molecule has 2 unspecified atom stereocenters. The Morgan fingerprint density at radius 2 is 2.10 bits per heavy atom. The van der Waals surface area contributed by atoms with E-state index in [9.17, 15) is 17.6 Å². The molecule has 1 aliphatic rings. The number of primary amides is 1. The maximum Gasteiger partial charge on any atom is 0.242 e. The lowest BCUT2D eigenvalue weighted by Gasteiger charge is -2.18. The van der Waals surface area contributed by atoms with E-state index in [1.54, 1.807) is 0 Å². The summed E-state index contributed by atoms with van der Waals surface area (Å²) in [6.45, 7) is 0. The molecule has 5 nitrogen and oxygen atoms in total. The SMILES string of the molecule is NC(=O)C1CCCC1NS(=O)(=O)c1cc(F)ccc1Cl. The Morgan fingerprint density at radius 1 is 1.40 bits per heavy atom. The average Bonchev–Trinajstić information content (AvgIpc) is 2.79. The molecule has 0 aromatic heterocycles. The van der Waals surface area contributed by atoms with E-state index in [1.807, 2.05) is 0 Å². The van der Waals surface area contributed by atoms with Gasteiger partial charge in [0.1, 0.15) is 10.7 Å². The Hall–Kier alpha value is -1.18. The van der Waals surface area contributed by atoms with Crippen LogP contribution in [0.5, 0.6) is 0 Å². The van der Waals surface area contributed by atoms with Crippen molar-refractivity contribution >= 4 is 27.5 Å². The van der Waals surface area contributed by atoms with Crippen molar-refractivity contribution in [1.82, 2.24) is 4.72 Å². The first kappa shape index (κ1) is 15.2. The highest BCUT2D eigenvalue weighted by atomic mass is 35.5. The van der Waals surface area contributed by atoms with Gasteiger partial charge in [-0.1, -0.05) is 18.0 Å². The van der Waals surface area contributed by atoms with Crippen LogP contribution < -0.4 is 10.5 Å². The number of halogens is 2. The number of hydrogen-bond acceptors (Lipinski definition) is 3. The smallest absolute Gasteiger partial charge is 0.242 e. The van der Waals surface area contributed by atoms with Crippen molar-refractivity contribution in [2.45, 2.75) is 30.2 Å². The van der Waals surface area contributed by atoms with Crippen LogP contribution in [0.15, 0.2) is 23.1 Å². The van der Waals surface area contributed by atoms with Crippen molar-refractivity contribution in [2.24, 2.45) is 11.7 Å². The van der Waals surface area contributed by atoms with Crippen LogP contribution >= 0.6 is 11.6 Å². The van der Waals surface area contributed by atoms with Gasteiger partial charge in [0.05, 0.1) is 10.9 Å². The predicted octanol–water partition coefficient (Wildman–Crippen LogP) is 1.41. The fraction of sp³-hybridized carbons (Fsp3) is 0.417. The molecule has 1 saturated carbocycles. The molecule has 1 amide bonds. The Kier molecular flexibility index (Phi) is 4.31. The predicted molar refractivity (Wildman–Crippen MR) is 72.1 cm³/mol. The van der Waals surface area contributed by atoms with Gasteiger partial charge in [0.25, 0.3) is 0 Å². The number of carbonyl (C=O) groups is 1. The molecular weight excluding hydrogens is 307 g/mol. The highest BCUT2D eigenvalue weighted by Gasteiger charge is 2.35. The van der Waals surface area contributed by atoms with E-state index >= 15 is 0 Å². The molecular formula is C12H14ClFN2O3S. The topological polar surface area (TPSA) is 89.3 Å². The van der Waals surface area contributed by atoms with Crippen LogP contribution in [0, 0.1) is 11.7 Å². The summed E-state index contributed by atoms with van der Waals surface area (Å²) in [6.07, 6.45) is 1.76. The normalized spacial score (nSPS) is 22.9. The number of rotatable bonds is 4. The van der Waals surface area contributed by atoms with Gasteiger partial charge in [-0.25, -0.2) is 17.5 Å². The zero-order chi connectivity index (χ0) is 14.9. The third-order valence-corrected chi connectivity index (χ3v) is 5.34. The van der Waals surface area contributed by atoms with Crippen molar-refractivity contribution in [3.8, 4) is 0 Å². The van der Waals surface area contributed by atoms with E-state index in [-0.39, 0.29) is 9.92 Å². The first-order valence-corrected chi connectivity index (χ1v) is 7.94. The second kappa shape index (κ2) is 5.67. The largest absolute Gasteiger partial charge is 0.369 e. The maximum absolute atomic E-state index is 13.2. The summed E-state index contributed by atoms with van der Waals surface area (Å²) >= 11 is 5.79. The molecule has 110 valence electrons. The molecule has 0 radical (unpaired) electrons. The molecule has 0 aliphatic heterocycles. The van der Waals surface area contributed by atoms with Gasteiger partial charge < -0.3 is 5.73 Å². The lowest BCUT2D eigenvalue weighted by Crippen LogP contribution is -2.42. The van der Waals surface area contributed by atoms with Crippen molar-refractivity contribution in [2.75, 3.05) is 0 Å². The summed E-state index contributed by atoms with van der Waals surface area (Å²) in [5.41, 5.74) is 5.24. The lowest BCUT2D eigenvalue weighted by molar-refractivity contribution is -0.122. The summed E-state index contributed by atoms with van der Waals surface area (Å²) < 4.78 is 40.0. The van der Waals surface area contributed by atoms with Crippen LogP contribution in [-0.2, 0) is 14.8 Å². The zero-order valence-corrected chi connectivity index (χ0v) is 12.0. The molecule has 1 aromatic carbocycles. The minimum Gasteiger partial charge on any atom is -0.369 e. The van der Waals surface area contributed by atoms with E-state index in [1.165, 1.54) is 6.07 Å². The van der Waals surface area contributed by atoms with E-state index in [2.05, 4.69) is 4.72 Å². The molecule has 0 bridgehead atoms. The average molecular weight is 321 g/mol. The van der Waals surface area contributed by atoms with Gasteiger partial charge in [-0.15, -0.1) is 0 Å². The van der Waals surface area contributed by atoms with Gasteiger partial charge in [-0.2, -0.15) is 0 Å². The molecule has 0 spiro atoms. The Morgan fingerprint density at radius 3 is 2.75 bits per heavy atom. The number of hydrogen-bond donors (Lipinski definition) is 2. The number of carbonyl (C=O) groups excluding carboxylic acids is 1. The first-order chi connectivity index (χ1) is 9.31. The zero-order valence-electron chi connectivity index (χ0n) is 10.5. The first-order valence-electron chi connectivity index (χ1n) is 6.08. The van der Waals surface area contributed by atoms with Crippen LogP contribution in [-0.4, -0.2) is 20.4 Å². The van der Waals surface area contributed by atoms with E-state index in [0.717, 1.165) is 12.1 Å². The number of nitrogens with two attached hydrogens (primary N) is 1. The summed E-state index contributed by atoms with van der Waals surface area (Å²) in [5.74, 6) is -1.79. The highest BCUT2D eigenvalue weighted by molar-refractivity contribution is 7.89. The van der Waals surface area contributed by atoms with Crippen LogP contribution in [0.2, 0.25) is 5.02 Å². The van der Waals surface area contributed by atoms with E-state index < -0.39 is 33.7 Å². The number of benzene rings is 1. The molecule has 1 aliphatic carbocycles. The molecule has 20 heavy (non-hydrogen) atoms. The van der Waals surface area contributed by atoms with E-state index in [4.69, 9.17) is 17.3 Å². The van der Waals surface area contributed by atoms with Crippen molar-refractivity contribution < 1.29 is 17.6 Å². The van der Waals surface area contributed by atoms with Gasteiger partial charge >= 0.3 is 0 Å². The van der Waals surface area contributed by atoms with Gasteiger partial charge in [0.15, 0.2) is 0 Å². The van der Waals surface area contributed by atoms with Crippen molar-refractivity contribution in [3.05, 3.63) is 29.0 Å². The number of nitrogens with one attached hydrogen (secondary N) is 1. The monoisotopic (exact) mass is 320 g/mol. The fourth-order valence-corrected chi connectivity index (χ4v) is 4.21. The Labute approximate surface area is 121 Å². The fourth-order valence-electron chi connectivity index (χ4n) is 2.39. The summed E-state index contributed by atoms with van der Waals surface area (Å²) in [4.78, 5) is 10.9. The maximum atomic E-state index is 13.2. The second-order valence-corrected chi connectivity index (χ2v) is 6.83. The van der Waals surface area contributed by atoms with Crippen molar-refractivity contribution in [1.29, 1.82) is 0 Å². The van der Waals surface area contributed by atoms with Gasteiger partial charge in [0.2, 0.25) is 15.9 Å². The van der Waals surface area contributed by atoms with Crippen LogP contribution in [0.4, 0.5) is 4.39 Å². The third kappa shape index (κ3) is 3.11. The summed E-state index contributed by atoms with van der Waals surface area (Å²) in [7, 11) is -3.99. The molecule has 2 atom stereocenters. The van der Waals surface area contributed by atoms with Crippen LogP contribution in [0.25, 0.3) is 0 Å². The Balaban J connectivity index is 2.27. The number of amides is 1. The molecule has 1 aromatic rings. The van der Waals surface area contributed by atoms with Crippen molar-refractivity contribution in [3.63, 3.8) is 0 Å². The van der Waals surface area contributed by atoms with Crippen LogP contribution in [0.3, 0.4) is 0 Å². The second-order valence-electron chi connectivity index (χ2n) is 4.74. The molecule has 3 N–H and O–H groups in total. The van der Waals surface area contributed by atoms with E-state index in [0.29, 0.717) is 19.3 Å². The minimum atomic E-state index is -3.99. The minimum absolute atomic E-state index is 0.0764. The standard InChI is InChI=1S/C12H14ClFN2O3S/c13-9-5-4-7(14)6-11(9)20(18,19)16-10-3-1-2-8(10)12(15)17/h4-6,8,10,16H,1-3H2,(H2,15,17). The molecule has 0 saturated heterocycles. The summed E-state index contributed by atoms with van der Waals surface area (Å²) in [6, 6.07) is 2.52. The van der Waals surface area contributed by atoms with Gasteiger partial charge in [-0.05, 0) is 31.0 Å². The quantitative estimate of drug-likeness (QED) is 0.879. The Bertz CT molecular complexity index is 636. The van der Waals surface area contributed by atoms with Crippen LogP contribution in [0.1, 0.15) is 19.3 Å². The molecule has 2 rings (SSSR count). The molecule has 8 heteroatoms. The molecule has 0 heterocycles. The lowest BCUT2D eigenvalue weighted by atomic mass is 10.0. The van der Waals surface area contributed by atoms with Gasteiger partial charge in [0, 0.05) is 6.04 Å². The van der Waals surface area contributed by atoms with Gasteiger partial charge in [-0.3, -0.25) is 4.79 Å².